The maximum Gasteiger partial charge on any atom is 0.0732 e. The molecule has 0 unspecified atom stereocenters. The van der Waals surface area contributed by atoms with Crippen molar-refractivity contribution in [3.05, 3.63) is 64.9 Å². The van der Waals surface area contributed by atoms with Crippen molar-refractivity contribution in [1.82, 2.24) is 10.3 Å². The Hall–Kier alpha value is -1.42. The lowest BCUT2D eigenvalue weighted by atomic mass is 10.2. The van der Waals surface area contributed by atoms with E-state index < -0.39 is 0 Å². The van der Waals surface area contributed by atoms with Gasteiger partial charge in [0.05, 0.1) is 11.6 Å². The number of ether oxygens (including phenoxy) is 1. The van der Waals surface area contributed by atoms with Crippen LogP contribution in [0.2, 0.25) is 5.02 Å². The Morgan fingerprint density at radius 2 is 2.00 bits per heavy atom. The smallest absolute Gasteiger partial charge is 0.0732 e. The number of benzene rings is 1. The van der Waals surface area contributed by atoms with Crippen molar-refractivity contribution in [2.24, 2.45) is 0 Å². The fraction of sp³-hybridized carbons (Fsp3) is 0.312. The first-order valence-electron chi connectivity index (χ1n) is 6.77. The zero-order chi connectivity index (χ0) is 14.0. The lowest BCUT2D eigenvalue weighted by Crippen LogP contribution is -2.16. The maximum absolute atomic E-state index is 6.00. The summed E-state index contributed by atoms with van der Waals surface area (Å²) in [5, 5.41) is 4.06. The van der Waals surface area contributed by atoms with Gasteiger partial charge in [-0.1, -0.05) is 41.9 Å². The van der Waals surface area contributed by atoms with Crippen LogP contribution in [-0.4, -0.2) is 18.1 Å². The van der Waals surface area contributed by atoms with Crippen LogP contribution in [0.4, 0.5) is 0 Å². The Bertz CT molecular complexity index is 505. The normalized spacial score (nSPS) is 10.7. The van der Waals surface area contributed by atoms with E-state index in [2.05, 4.69) is 34.6 Å². The number of hydrogen-bond acceptors (Lipinski definition) is 3. The summed E-state index contributed by atoms with van der Waals surface area (Å²) in [4.78, 5) is 3.94. The van der Waals surface area contributed by atoms with E-state index in [9.17, 15) is 0 Å². The quantitative estimate of drug-likeness (QED) is 0.756. The van der Waals surface area contributed by atoms with Gasteiger partial charge in [0.2, 0.25) is 0 Å². The third kappa shape index (κ3) is 5.29. The molecule has 0 saturated carbocycles. The van der Waals surface area contributed by atoms with Crippen molar-refractivity contribution >= 4 is 11.6 Å². The molecule has 20 heavy (non-hydrogen) atoms. The van der Waals surface area contributed by atoms with E-state index in [1.807, 2.05) is 12.1 Å². The summed E-state index contributed by atoms with van der Waals surface area (Å²) < 4.78 is 5.60. The Morgan fingerprint density at radius 3 is 2.80 bits per heavy atom. The van der Waals surface area contributed by atoms with E-state index in [0.717, 1.165) is 31.7 Å². The van der Waals surface area contributed by atoms with Gasteiger partial charge in [-0.25, -0.2) is 0 Å². The van der Waals surface area contributed by atoms with E-state index in [4.69, 9.17) is 16.3 Å². The summed E-state index contributed by atoms with van der Waals surface area (Å²) in [5.74, 6) is 0. The van der Waals surface area contributed by atoms with E-state index in [0.29, 0.717) is 11.6 Å². The lowest BCUT2D eigenvalue weighted by molar-refractivity contribution is 0.118. The second-order valence-corrected chi connectivity index (χ2v) is 4.94. The first kappa shape index (κ1) is 15.0. The van der Waals surface area contributed by atoms with Gasteiger partial charge in [-0.15, -0.1) is 0 Å². The molecule has 0 aliphatic heterocycles. The minimum absolute atomic E-state index is 0.542. The molecule has 3 nitrogen and oxygen atoms in total. The summed E-state index contributed by atoms with van der Waals surface area (Å²) in [5.41, 5.74) is 2.29. The van der Waals surface area contributed by atoms with Gasteiger partial charge in [0.15, 0.2) is 0 Å². The molecule has 106 valence electrons. The van der Waals surface area contributed by atoms with Gasteiger partial charge < -0.3 is 10.1 Å². The average molecular weight is 291 g/mol. The fourth-order valence-electron chi connectivity index (χ4n) is 1.83. The Morgan fingerprint density at radius 1 is 1.15 bits per heavy atom. The molecule has 0 saturated heterocycles. The number of halogens is 1. The van der Waals surface area contributed by atoms with Crippen molar-refractivity contribution < 1.29 is 4.74 Å². The summed E-state index contributed by atoms with van der Waals surface area (Å²) in [6, 6.07) is 12.3. The molecule has 0 aliphatic rings. The van der Waals surface area contributed by atoms with Crippen LogP contribution >= 0.6 is 11.6 Å². The van der Waals surface area contributed by atoms with Crippen LogP contribution in [-0.2, 0) is 17.9 Å². The second kappa shape index (κ2) is 8.69. The molecule has 0 fully saturated rings. The summed E-state index contributed by atoms with van der Waals surface area (Å²) >= 11 is 6.00. The molecule has 0 radical (unpaired) electrons. The van der Waals surface area contributed by atoms with E-state index >= 15 is 0 Å². The molecule has 4 heteroatoms. The number of hydrogen-bond donors (Lipinski definition) is 1. The van der Waals surface area contributed by atoms with Gasteiger partial charge in [0.25, 0.3) is 0 Å². The zero-order valence-corrected chi connectivity index (χ0v) is 12.1. The van der Waals surface area contributed by atoms with Crippen LogP contribution < -0.4 is 5.32 Å². The second-order valence-electron chi connectivity index (χ2n) is 4.54. The van der Waals surface area contributed by atoms with Gasteiger partial charge >= 0.3 is 0 Å². The molecule has 1 heterocycles. The molecule has 1 N–H and O–H groups in total. The van der Waals surface area contributed by atoms with Crippen LogP contribution in [0.3, 0.4) is 0 Å². The number of rotatable bonds is 8. The molecular formula is C16H19ClN2O. The predicted molar refractivity (Wildman–Crippen MR) is 81.7 cm³/mol. The lowest BCUT2D eigenvalue weighted by Gasteiger charge is -2.07. The standard InChI is InChI=1S/C16H19ClN2O/c17-16-12-19-9-7-15(16)13-20-10-4-8-18-11-14-5-2-1-3-6-14/h1-3,5-7,9,12,18H,4,8,10-11,13H2. The average Bonchev–Trinajstić information content (AvgIpc) is 2.49. The van der Waals surface area contributed by atoms with Gasteiger partial charge in [0, 0.05) is 25.5 Å². The van der Waals surface area contributed by atoms with Crippen molar-refractivity contribution in [2.45, 2.75) is 19.6 Å². The Balaban J connectivity index is 1.53. The monoisotopic (exact) mass is 290 g/mol. The summed E-state index contributed by atoms with van der Waals surface area (Å²) in [6.07, 6.45) is 4.35. The highest BCUT2D eigenvalue weighted by Gasteiger charge is 1.99. The molecule has 1 aromatic heterocycles. The molecule has 0 atom stereocenters. The fourth-order valence-corrected chi connectivity index (χ4v) is 2.00. The van der Waals surface area contributed by atoms with Gasteiger partial charge in [-0.2, -0.15) is 0 Å². The van der Waals surface area contributed by atoms with E-state index in [1.165, 1.54) is 5.56 Å². The molecule has 0 spiro atoms. The van der Waals surface area contributed by atoms with Crippen LogP contribution in [0.15, 0.2) is 48.8 Å². The topological polar surface area (TPSA) is 34.1 Å². The SMILES string of the molecule is Clc1cnccc1COCCCNCc1ccccc1. The number of nitrogens with zero attached hydrogens (tertiary/aromatic N) is 1. The van der Waals surface area contributed by atoms with E-state index in [1.54, 1.807) is 12.4 Å². The predicted octanol–water partition coefficient (Wildman–Crippen LogP) is 3.43. The van der Waals surface area contributed by atoms with Crippen molar-refractivity contribution in [1.29, 1.82) is 0 Å². The molecule has 0 amide bonds. The van der Waals surface area contributed by atoms with Crippen molar-refractivity contribution in [3.8, 4) is 0 Å². The maximum atomic E-state index is 6.00. The molecular weight excluding hydrogens is 272 g/mol. The first-order chi connectivity index (χ1) is 9.86. The molecule has 0 bridgehead atoms. The highest BCUT2D eigenvalue weighted by atomic mass is 35.5. The van der Waals surface area contributed by atoms with Crippen LogP contribution in [0, 0.1) is 0 Å². The first-order valence-corrected chi connectivity index (χ1v) is 7.15. The van der Waals surface area contributed by atoms with E-state index in [-0.39, 0.29) is 0 Å². The number of pyridine rings is 1. The van der Waals surface area contributed by atoms with Gasteiger partial charge in [0.1, 0.15) is 0 Å². The Kier molecular flexibility index (Phi) is 6.51. The van der Waals surface area contributed by atoms with Crippen molar-refractivity contribution in [3.63, 3.8) is 0 Å². The molecule has 2 rings (SSSR count). The Labute approximate surface area is 124 Å². The van der Waals surface area contributed by atoms with Crippen LogP contribution in [0.25, 0.3) is 0 Å². The molecule has 0 aliphatic carbocycles. The van der Waals surface area contributed by atoms with Crippen LogP contribution in [0.5, 0.6) is 0 Å². The van der Waals surface area contributed by atoms with Gasteiger partial charge in [-0.05, 0) is 30.2 Å². The molecule has 2 aromatic rings. The molecule has 1 aromatic carbocycles. The summed E-state index contributed by atoms with van der Waals surface area (Å²) in [7, 11) is 0. The zero-order valence-electron chi connectivity index (χ0n) is 11.4. The van der Waals surface area contributed by atoms with Gasteiger partial charge in [-0.3, -0.25) is 4.98 Å². The number of aromatic nitrogens is 1. The summed E-state index contributed by atoms with van der Waals surface area (Å²) in [6.45, 7) is 3.11. The highest BCUT2D eigenvalue weighted by molar-refractivity contribution is 6.31. The number of nitrogens with one attached hydrogen (secondary N) is 1. The minimum atomic E-state index is 0.542. The largest absolute Gasteiger partial charge is 0.377 e. The minimum Gasteiger partial charge on any atom is -0.377 e. The highest BCUT2D eigenvalue weighted by Crippen LogP contribution is 2.14. The third-order valence-corrected chi connectivity index (χ3v) is 3.27. The third-order valence-electron chi connectivity index (χ3n) is 2.93. The van der Waals surface area contributed by atoms with Crippen LogP contribution in [0.1, 0.15) is 17.5 Å². The van der Waals surface area contributed by atoms with Crippen molar-refractivity contribution in [2.75, 3.05) is 13.2 Å².